The molecule has 1 N–H and O–H groups in total. The first-order valence-electron chi connectivity index (χ1n) is 12.0. The maximum Gasteiger partial charge on any atom is 0.284 e. The van der Waals surface area contributed by atoms with Crippen molar-refractivity contribution in [3.63, 3.8) is 0 Å². The molecule has 8 nitrogen and oxygen atoms in total. The van der Waals surface area contributed by atoms with Crippen LogP contribution in [-0.2, 0) is 10.0 Å². The number of hydrogen-bond acceptors (Lipinski definition) is 5. The number of aryl methyl sites for hydroxylation is 1. The summed E-state index contributed by atoms with van der Waals surface area (Å²) in [5, 5.41) is 12.2. The molecule has 5 aromatic rings. The van der Waals surface area contributed by atoms with Crippen LogP contribution in [-0.4, -0.2) is 36.3 Å². The highest BCUT2D eigenvalue weighted by molar-refractivity contribution is 7.90. The molecule has 0 aliphatic carbocycles. The van der Waals surface area contributed by atoms with Crippen molar-refractivity contribution in [2.75, 3.05) is 17.3 Å². The molecule has 0 unspecified atom stereocenters. The molecular formula is C29H26N6O2S. The molecule has 0 radical (unpaired) electrons. The van der Waals surface area contributed by atoms with E-state index in [9.17, 15) is 8.42 Å². The Morgan fingerprint density at radius 2 is 1.39 bits per heavy atom. The lowest BCUT2D eigenvalue weighted by molar-refractivity contribution is 0.598. The molecule has 5 rings (SSSR count). The number of amidine groups is 1. The van der Waals surface area contributed by atoms with E-state index >= 15 is 0 Å². The van der Waals surface area contributed by atoms with E-state index in [0.717, 1.165) is 22.6 Å². The van der Waals surface area contributed by atoms with Gasteiger partial charge in [-0.3, -0.25) is 0 Å². The Kier molecular flexibility index (Phi) is 7.01. The van der Waals surface area contributed by atoms with Crippen LogP contribution in [0.25, 0.3) is 5.69 Å². The van der Waals surface area contributed by atoms with E-state index in [4.69, 9.17) is 0 Å². The fourth-order valence-electron chi connectivity index (χ4n) is 3.87. The summed E-state index contributed by atoms with van der Waals surface area (Å²) in [6, 6.07) is 35.1. The zero-order valence-corrected chi connectivity index (χ0v) is 21.7. The fourth-order valence-corrected chi connectivity index (χ4v) is 4.89. The summed E-state index contributed by atoms with van der Waals surface area (Å²) in [5.74, 6) is 0.598. The van der Waals surface area contributed by atoms with Crippen molar-refractivity contribution in [1.29, 1.82) is 0 Å². The second-order valence-electron chi connectivity index (χ2n) is 8.62. The second-order valence-corrected chi connectivity index (χ2v) is 10.2. The molecule has 0 fully saturated rings. The first-order valence-corrected chi connectivity index (χ1v) is 13.4. The van der Waals surface area contributed by atoms with Crippen molar-refractivity contribution in [2.45, 2.75) is 11.8 Å². The normalized spacial score (nSPS) is 11.8. The van der Waals surface area contributed by atoms with Gasteiger partial charge in [0, 0.05) is 18.4 Å². The van der Waals surface area contributed by atoms with E-state index in [1.165, 1.54) is 0 Å². The minimum Gasteiger partial charge on any atom is -0.338 e. The zero-order chi connectivity index (χ0) is 26.5. The lowest BCUT2D eigenvalue weighted by atomic mass is 10.2. The molecule has 0 aliphatic rings. The van der Waals surface area contributed by atoms with Gasteiger partial charge in [-0.05, 0) is 55.5 Å². The molecule has 0 bridgehead atoms. The van der Waals surface area contributed by atoms with Crippen LogP contribution < -0.4 is 10.2 Å². The van der Waals surface area contributed by atoms with Crippen LogP contribution in [0.15, 0.2) is 125 Å². The highest BCUT2D eigenvalue weighted by atomic mass is 32.2. The Bertz CT molecular complexity index is 1650. The van der Waals surface area contributed by atoms with Gasteiger partial charge in [0.2, 0.25) is 0 Å². The monoisotopic (exact) mass is 522 g/mol. The Morgan fingerprint density at radius 1 is 0.816 bits per heavy atom. The number of nitrogens with zero attached hydrogens (tertiary/aromatic N) is 5. The minimum atomic E-state index is -4.08. The number of para-hydroxylation sites is 3. The van der Waals surface area contributed by atoms with Crippen molar-refractivity contribution in [3.05, 3.63) is 127 Å². The topological polar surface area (TPSA) is 92.5 Å². The predicted molar refractivity (Wildman–Crippen MR) is 151 cm³/mol. The molecule has 0 amide bonds. The van der Waals surface area contributed by atoms with Crippen molar-refractivity contribution < 1.29 is 8.42 Å². The van der Waals surface area contributed by atoms with Crippen molar-refractivity contribution in [3.8, 4) is 5.69 Å². The first kappa shape index (κ1) is 24.9. The van der Waals surface area contributed by atoms with Gasteiger partial charge in [0.05, 0.1) is 10.6 Å². The molecule has 0 spiro atoms. The number of benzene rings is 4. The molecule has 1 aromatic heterocycles. The lowest BCUT2D eigenvalue weighted by Gasteiger charge is -2.21. The molecular weight excluding hydrogens is 496 g/mol. The summed E-state index contributed by atoms with van der Waals surface area (Å²) in [6.07, 6.45) is 0. The highest BCUT2D eigenvalue weighted by Gasteiger charge is 2.26. The van der Waals surface area contributed by atoms with Gasteiger partial charge in [-0.25, -0.2) is 0 Å². The van der Waals surface area contributed by atoms with Gasteiger partial charge in [-0.1, -0.05) is 77.5 Å². The standard InChI is InChI=1S/C29H26N6O2S/c1-22-18-20-26(21-19-22)38(36,37)32-29(34(2)24-14-8-4-9-15-24)27-28(30-23-12-6-3-7-13-23)35(33-31-27)25-16-10-5-11-17-25/h3-21,30H,1-2H3/b32-29+. The average Bonchev–Trinajstić information content (AvgIpc) is 3.36. The van der Waals surface area contributed by atoms with E-state index < -0.39 is 10.0 Å². The number of hydrogen-bond donors (Lipinski definition) is 1. The number of anilines is 3. The van der Waals surface area contributed by atoms with Gasteiger partial charge in [-0.15, -0.1) is 9.50 Å². The molecule has 9 heteroatoms. The Balaban J connectivity index is 1.72. The smallest absolute Gasteiger partial charge is 0.284 e. The van der Waals surface area contributed by atoms with Gasteiger partial charge in [0.1, 0.15) is 0 Å². The van der Waals surface area contributed by atoms with Crippen LogP contribution in [0.2, 0.25) is 0 Å². The predicted octanol–water partition coefficient (Wildman–Crippen LogP) is 5.59. The number of rotatable bonds is 7. The summed E-state index contributed by atoms with van der Waals surface area (Å²) in [4.78, 5) is 1.79. The summed E-state index contributed by atoms with van der Waals surface area (Å²) >= 11 is 0. The Hall–Kier alpha value is -4.76. The number of sulfonamides is 1. The Labute approximate surface area is 222 Å². The van der Waals surface area contributed by atoms with Crippen molar-refractivity contribution in [1.82, 2.24) is 15.0 Å². The SMILES string of the molecule is Cc1ccc(S(=O)(=O)/N=C(\c2nnn(-c3ccccc3)c2Nc2ccccc2)N(C)c2ccccc2)cc1. The third-order valence-electron chi connectivity index (χ3n) is 5.91. The van der Waals surface area contributed by atoms with Gasteiger partial charge < -0.3 is 10.2 Å². The third kappa shape index (κ3) is 5.33. The zero-order valence-electron chi connectivity index (χ0n) is 20.9. The van der Waals surface area contributed by atoms with Crippen LogP contribution in [0, 0.1) is 6.92 Å². The van der Waals surface area contributed by atoms with Crippen LogP contribution in [0.4, 0.5) is 17.2 Å². The summed E-state index contributed by atoms with van der Waals surface area (Å²) in [6.45, 7) is 1.90. The molecule has 4 aromatic carbocycles. The van der Waals surface area contributed by atoms with Crippen molar-refractivity contribution >= 4 is 33.1 Å². The molecule has 0 atom stereocenters. The third-order valence-corrected chi connectivity index (χ3v) is 7.19. The van der Waals surface area contributed by atoms with Crippen LogP contribution in [0.3, 0.4) is 0 Å². The molecule has 190 valence electrons. The van der Waals surface area contributed by atoms with E-state index in [2.05, 4.69) is 20.0 Å². The van der Waals surface area contributed by atoms with E-state index in [-0.39, 0.29) is 16.4 Å². The molecule has 1 heterocycles. The maximum atomic E-state index is 13.5. The number of nitrogens with one attached hydrogen (secondary N) is 1. The Morgan fingerprint density at radius 3 is 2.03 bits per heavy atom. The van der Waals surface area contributed by atoms with E-state index in [1.807, 2.05) is 97.9 Å². The van der Waals surface area contributed by atoms with Crippen LogP contribution in [0.5, 0.6) is 0 Å². The summed E-state index contributed by atoms with van der Waals surface area (Å²) in [7, 11) is -2.32. The van der Waals surface area contributed by atoms with Crippen LogP contribution in [0.1, 0.15) is 11.3 Å². The number of aromatic nitrogens is 3. The lowest BCUT2D eigenvalue weighted by Crippen LogP contribution is -2.29. The maximum absolute atomic E-state index is 13.5. The fraction of sp³-hybridized carbons (Fsp3) is 0.0690. The summed E-state index contributed by atoms with van der Waals surface area (Å²) < 4.78 is 33.0. The van der Waals surface area contributed by atoms with Gasteiger partial charge in [0.15, 0.2) is 17.3 Å². The minimum absolute atomic E-state index is 0.0927. The van der Waals surface area contributed by atoms with Gasteiger partial charge >= 0.3 is 0 Å². The van der Waals surface area contributed by atoms with Crippen molar-refractivity contribution in [2.24, 2.45) is 4.40 Å². The van der Waals surface area contributed by atoms with Gasteiger partial charge in [0.25, 0.3) is 10.0 Å². The van der Waals surface area contributed by atoms with Crippen LogP contribution >= 0.6 is 0 Å². The second kappa shape index (κ2) is 10.7. The molecule has 0 saturated carbocycles. The molecule has 0 aliphatic heterocycles. The quantitative estimate of drug-likeness (QED) is 0.221. The van der Waals surface area contributed by atoms with Gasteiger partial charge in [-0.2, -0.15) is 13.1 Å². The summed E-state index contributed by atoms with van der Waals surface area (Å²) in [5.41, 5.74) is 3.52. The molecule has 38 heavy (non-hydrogen) atoms. The largest absolute Gasteiger partial charge is 0.338 e. The average molecular weight is 523 g/mol. The highest BCUT2D eigenvalue weighted by Crippen LogP contribution is 2.27. The van der Waals surface area contributed by atoms with E-state index in [1.54, 1.807) is 40.9 Å². The molecule has 0 saturated heterocycles. The van der Waals surface area contributed by atoms with E-state index in [0.29, 0.717) is 5.82 Å². The first-order chi connectivity index (χ1) is 18.4.